The summed E-state index contributed by atoms with van der Waals surface area (Å²) < 4.78 is 27.0. The Morgan fingerprint density at radius 1 is 1.29 bits per heavy atom. The molecule has 3 nitrogen and oxygen atoms in total. The van der Waals surface area contributed by atoms with E-state index in [0.29, 0.717) is 4.90 Å². The summed E-state index contributed by atoms with van der Waals surface area (Å²) in [5, 5.41) is -0.304. The first-order valence-corrected chi connectivity index (χ1v) is 7.32. The second-order valence-electron chi connectivity index (χ2n) is 4.71. The Morgan fingerprint density at radius 3 is 2.29 bits per heavy atom. The van der Waals surface area contributed by atoms with Gasteiger partial charge in [0.15, 0.2) is 0 Å². The highest BCUT2D eigenvalue weighted by atomic mass is 35.5. The zero-order valence-corrected chi connectivity index (χ0v) is 12.1. The quantitative estimate of drug-likeness (QED) is 0.859. The van der Waals surface area contributed by atoms with Gasteiger partial charge in [-0.15, -0.1) is 11.6 Å². The number of rotatable bonds is 4. The molecule has 0 radical (unpaired) electrons. The molecule has 0 aromatic heterocycles. The maximum atomic E-state index is 12.2. The van der Waals surface area contributed by atoms with Crippen molar-refractivity contribution in [3.05, 3.63) is 29.8 Å². The van der Waals surface area contributed by atoms with E-state index in [4.69, 9.17) is 11.6 Å². The van der Waals surface area contributed by atoms with Gasteiger partial charge in [-0.2, -0.15) is 0 Å². The van der Waals surface area contributed by atoms with Crippen LogP contribution in [-0.4, -0.2) is 19.3 Å². The van der Waals surface area contributed by atoms with Gasteiger partial charge in [-0.05, 0) is 39.3 Å². The SMILES string of the molecule is Cc1ccccc1S(=O)(=O)NC(C)(C)C(C)Cl. The maximum Gasteiger partial charge on any atom is 0.241 e. The van der Waals surface area contributed by atoms with E-state index in [1.165, 1.54) is 0 Å². The number of benzene rings is 1. The average molecular weight is 276 g/mol. The molecule has 0 bridgehead atoms. The van der Waals surface area contributed by atoms with Crippen LogP contribution in [0.4, 0.5) is 0 Å². The third-order valence-corrected chi connectivity index (χ3v) is 5.15. The highest BCUT2D eigenvalue weighted by molar-refractivity contribution is 7.89. The van der Waals surface area contributed by atoms with Crippen molar-refractivity contribution < 1.29 is 8.42 Å². The number of alkyl halides is 1. The number of halogens is 1. The van der Waals surface area contributed by atoms with E-state index in [9.17, 15) is 8.42 Å². The molecule has 5 heteroatoms. The van der Waals surface area contributed by atoms with Crippen LogP contribution in [0.2, 0.25) is 0 Å². The van der Waals surface area contributed by atoms with Crippen molar-refractivity contribution in [2.45, 2.75) is 43.5 Å². The average Bonchev–Trinajstić information content (AvgIpc) is 2.16. The fraction of sp³-hybridized carbons (Fsp3) is 0.500. The summed E-state index contributed by atoms with van der Waals surface area (Å²) in [6, 6.07) is 6.88. The number of hydrogen-bond donors (Lipinski definition) is 1. The molecule has 0 spiro atoms. The molecule has 1 unspecified atom stereocenters. The fourth-order valence-electron chi connectivity index (χ4n) is 1.34. The highest BCUT2D eigenvalue weighted by Gasteiger charge is 2.30. The first-order valence-electron chi connectivity index (χ1n) is 5.40. The lowest BCUT2D eigenvalue weighted by molar-refractivity contribution is 0.445. The number of hydrogen-bond acceptors (Lipinski definition) is 2. The highest BCUT2D eigenvalue weighted by Crippen LogP contribution is 2.20. The lowest BCUT2D eigenvalue weighted by Gasteiger charge is -2.28. The van der Waals surface area contributed by atoms with Gasteiger partial charge >= 0.3 is 0 Å². The Bertz CT molecular complexity index is 495. The Morgan fingerprint density at radius 2 is 1.82 bits per heavy atom. The van der Waals surface area contributed by atoms with Gasteiger partial charge < -0.3 is 0 Å². The van der Waals surface area contributed by atoms with Gasteiger partial charge in [-0.1, -0.05) is 18.2 Å². The van der Waals surface area contributed by atoms with Crippen molar-refractivity contribution in [3.63, 3.8) is 0 Å². The van der Waals surface area contributed by atoms with E-state index < -0.39 is 15.6 Å². The topological polar surface area (TPSA) is 46.2 Å². The zero-order chi connectivity index (χ0) is 13.3. The first-order chi connectivity index (χ1) is 7.67. The summed E-state index contributed by atoms with van der Waals surface area (Å²) in [5.74, 6) is 0. The van der Waals surface area contributed by atoms with Crippen molar-refractivity contribution >= 4 is 21.6 Å². The minimum Gasteiger partial charge on any atom is -0.207 e. The zero-order valence-electron chi connectivity index (χ0n) is 10.5. The van der Waals surface area contributed by atoms with E-state index >= 15 is 0 Å². The number of nitrogens with one attached hydrogen (secondary N) is 1. The summed E-state index contributed by atoms with van der Waals surface area (Å²) in [5.41, 5.74) is 0.0286. The van der Waals surface area contributed by atoms with E-state index in [-0.39, 0.29) is 5.38 Å². The maximum absolute atomic E-state index is 12.2. The third-order valence-electron chi connectivity index (χ3n) is 2.77. The summed E-state index contributed by atoms with van der Waals surface area (Å²) >= 11 is 5.98. The molecule has 1 aromatic carbocycles. The summed E-state index contributed by atoms with van der Waals surface area (Å²) in [7, 11) is -3.53. The molecule has 0 aliphatic heterocycles. The van der Waals surface area contributed by atoms with Crippen molar-refractivity contribution in [1.29, 1.82) is 0 Å². The van der Waals surface area contributed by atoms with Gasteiger partial charge in [0.05, 0.1) is 4.90 Å². The van der Waals surface area contributed by atoms with Gasteiger partial charge in [-0.25, -0.2) is 13.1 Å². The molecule has 0 fully saturated rings. The van der Waals surface area contributed by atoms with Gasteiger partial charge in [0, 0.05) is 10.9 Å². The predicted octanol–water partition coefficient (Wildman–Crippen LogP) is 2.68. The molecule has 1 N–H and O–H groups in total. The van der Waals surface area contributed by atoms with Crippen molar-refractivity contribution in [3.8, 4) is 0 Å². The van der Waals surface area contributed by atoms with Crippen LogP contribution in [0.25, 0.3) is 0 Å². The van der Waals surface area contributed by atoms with E-state index in [1.54, 1.807) is 45.9 Å². The van der Waals surface area contributed by atoms with Gasteiger partial charge in [-0.3, -0.25) is 0 Å². The molecular formula is C12H18ClNO2S. The Labute approximate surface area is 108 Å². The summed E-state index contributed by atoms with van der Waals surface area (Å²) in [4.78, 5) is 0.297. The molecule has 1 rings (SSSR count). The molecule has 0 aliphatic carbocycles. The Kier molecular flexibility index (Phi) is 4.23. The minimum atomic E-state index is -3.53. The molecule has 0 heterocycles. The molecule has 0 amide bonds. The molecule has 96 valence electrons. The van der Waals surface area contributed by atoms with E-state index in [2.05, 4.69) is 4.72 Å². The summed E-state index contributed by atoms with van der Waals surface area (Å²) in [6.07, 6.45) is 0. The summed E-state index contributed by atoms with van der Waals surface area (Å²) in [6.45, 7) is 7.06. The molecular weight excluding hydrogens is 258 g/mol. The number of aryl methyl sites for hydroxylation is 1. The lowest BCUT2D eigenvalue weighted by atomic mass is 10.0. The van der Waals surface area contributed by atoms with Crippen LogP contribution in [0, 0.1) is 6.92 Å². The molecule has 1 aromatic rings. The molecule has 0 aliphatic rings. The van der Waals surface area contributed by atoms with Crippen LogP contribution < -0.4 is 4.72 Å². The lowest BCUT2D eigenvalue weighted by Crippen LogP contribution is -2.48. The second-order valence-corrected chi connectivity index (χ2v) is 7.01. The smallest absolute Gasteiger partial charge is 0.207 e. The molecule has 0 saturated carbocycles. The van der Waals surface area contributed by atoms with Crippen LogP contribution in [-0.2, 0) is 10.0 Å². The van der Waals surface area contributed by atoms with Crippen LogP contribution >= 0.6 is 11.6 Å². The number of sulfonamides is 1. The van der Waals surface area contributed by atoms with Gasteiger partial charge in [0.1, 0.15) is 0 Å². The standard InChI is InChI=1S/C12H18ClNO2S/c1-9-7-5-6-8-11(9)17(15,16)14-12(3,4)10(2)13/h5-8,10,14H,1-4H3. The van der Waals surface area contributed by atoms with Crippen molar-refractivity contribution in [1.82, 2.24) is 4.72 Å². The van der Waals surface area contributed by atoms with Gasteiger partial charge in [0.25, 0.3) is 0 Å². The largest absolute Gasteiger partial charge is 0.241 e. The normalized spacial score (nSPS) is 14.6. The molecule has 17 heavy (non-hydrogen) atoms. The van der Waals surface area contributed by atoms with Gasteiger partial charge in [0.2, 0.25) is 10.0 Å². The monoisotopic (exact) mass is 275 g/mol. The molecule has 0 saturated heterocycles. The first kappa shape index (κ1) is 14.5. The van der Waals surface area contributed by atoms with Crippen LogP contribution in [0.3, 0.4) is 0 Å². The second kappa shape index (κ2) is 4.96. The fourth-order valence-corrected chi connectivity index (χ4v) is 3.19. The van der Waals surface area contributed by atoms with Crippen molar-refractivity contribution in [2.75, 3.05) is 0 Å². The van der Waals surface area contributed by atoms with Crippen LogP contribution in [0.5, 0.6) is 0 Å². The third kappa shape index (κ3) is 3.44. The Hall–Kier alpha value is -0.580. The predicted molar refractivity (Wildman–Crippen MR) is 70.9 cm³/mol. The van der Waals surface area contributed by atoms with E-state index in [1.807, 2.05) is 6.07 Å². The van der Waals surface area contributed by atoms with Crippen molar-refractivity contribution in [2.24, 2.45) is 0 Å². The van der Waals surface area contributed by atoms with Crippen LogP contribution in [0.15, 0.2) is 29.2 Å². The molecule has 1 atom stereocenters. The van der Waals surface area contributed by atoms with E-state index in [0.717, 1.165) is 5.56 Å². The van der Waals surface area contributed by atoms with Crippen LogP contribution in [0.1, 0.15) is 26.3 Å². The Balaban J connectivity index is 3.11. The minimum absolute atomic E-state index is 0.297.